The van der Waals surface area contributed by atoms with Crippen molar-refractivity contribution in [1.29, 1.82) is 0 Å². The number of halogens is 4. The number of hydrogen-bond donors (Lipinski definition) is 1. The summed E-state index contributed by atoms with van der Waals surface area (Å²) in [7, 11) is 0. The fourth-order valence-corrected chi connectivity index (χ4v) is 2.68. The van der Waals surface area contributed by atoms with E-state index >= 15 is 0 Å². The van der Waals surface area contributed by atoms with E-state index in [1.54, 1.807) is 0 Å². The van der Waals surface area contributed by atoms with Crippen molar-refractivity contribution in [2.24, 2.45) is 0 Å². The minimum absolute atomic E-state index is 0.0975. The number of carboxylic acid groups (broad SMARTS) is 1. The van der Waals surface area contributed by atoms with Gasteiger partial charge in [-0.05, 0) is 47.6 Å². The highest BCUT2D eigenvalue weighted by molar-refractivity contribution is 14.1. The van der Waals surface area contributed by atoms with Crippen LogP contribution in [0.3, 0.4) is 0 Å². The van der Waals surface area contributed by atoms with Gasteiger partial charge in [0.25, 0.3) is 0 Å². The van der Waals surface area contributed by atoms with Crippen LogP contribution in [-0.2, 0) is 11.0 Å². The number of anilines is 1. The number of carboxylic acids is 1. The lowest BCUT2D eigenvalue weighted by atomic mass is 10.2. The van der Waals surface area contributed by atoms with E-state index in [9.17, 15) is 18.0 Å². The van der Waals surface area contributed by atoms with E-state index in [2.05, 4.69) is 4.98 Å². The van der Waals surface area contributed by atoms with Gasteiger partial charge in [-0.2, -0.15) is 13.2 Å². The minimum Gasteiger partial charge on any atom is -0.480 e. The Morgan fingerprint density at radius 2 is 2.16 bits per heavy atom. The summed E-state index contributed by atoms with van der Waals surface area (Å²) < 4.78 is 38.4. The van der Waals surface area contributed by atoms with E-state index in [1.165, 1.54) is 11.0 Å². The van der Waals surface area contributed by atoms with Crippen LogP contribution >= 0.6 is 22.6 Å². The van der Waals surface area contributed by atoms with E-state index in [-0.39, 0.29) is 5.82 Å². The first-order chi connectivity index (χ1) is 8.80. The molecule has 0 bridgehead atoms. The molecule has 1 atom stereocenters. The molecule has 4 nitrogen and oxygen atoms in total. The van der Waals surface area contributed by atoms with Crippen LogP contribution in [0.15, 0.2) is 12.1 Å². The summed E-state index contributed by atoms with van der Waals surface area (Å²) in [6.45, 7) is 0.404. The van der Waals surface area contributed by atoms with Crippen molar-refractivity contribution in [1.82, 2.24) is 4.98 Å². The molecule has 8 heteroatoms. The fourth-order valence-electron chi connectivity index (χ4n) is 2.07. The predicted octanol–water partition coefficient (Wildman–Crippen LogP) is 2.76. The highest BCUT2D eigenvalue weighted by atomic mass is 127. The van der Waals surface area contributed by atoms with Crippen LogP contribution in [0.25, 0.3) is 0 Å². The van der Waals surface area contributed by atoms with Crippen LogP contribution in [0, 0.1) is 3.57 Å². The van der Waals surface area contributed by atoms with Gasteiger partial charge >= 0.3 is 12.1 Å². The molecule has 0 amide bonds. The molecule has 1 N–H and O–H groups in total. The van der Waals surface area contributed by atoms with E-state index in [1.807, 2.05) is 22.6 Å². The third-order valence-corrected chi connectivity index (χ3v) is 3.77. The lowest BCUT2D eigenvalue weighted by Gasteiger charge is -2.24. The van der Waals surface area contributed by atoms with E-state index in [4.69, 9.17) is 5.11 Å². The zero-order chi connectivity index (χ0) is 14.2. The Labute approximate surface area is 120 Å². The maximum Gasteiger partial charge on any atom is 0.433 e. The fraction of sp³-hybridized carbons (Fsp3) is 0.455. The first-order valence-electron chi connectivity index (χ1n) is 5.54. The molecule has 104 valence electrons. The first kappa shape index (κ1) is 14.4. The average Bonchev–Trinajstić information content (AvgIpc) is 2.76. The number of rotatable bonds is 2. The molecule has 1 aliphatic heterocycles. The van der Waals surface area contributed by atoms with E-state index in [0.717, 1.165) is 6.07 Å². The molecule has 0 radical (unpaired) electrons. The summed E-state index contributed by atoms with van der Waals surface area (Å²) in [4.78, 5) is 16.1. The van der Waals surface area contributed by atoms with Gasteiger partial charge in [0.05, 0.1) is 3.57 Å². The summed E-state index contributed by atoms with van der Waals surface area (Å²) in [6.07, 6.45) is -3.48. The van der Waals surface area contributed by atoms with E-state index < -0.39 is 23.9 Å². The Bertz CT molecular complexity index is 507. The molecular weight excluding hydrogens is 376 g/mol. The molecule has 1 aromatic rings. The van der Waals surface area contributed by atoms with Crippen LogP contribution in [0.1, 0.15) is 18.5 Å². The molecule has 1 saturated heterocycles. The van der Waals surface area contributed by atoms with Gasteiger partial charge in [-0.25, -0.2) is 9.78 Å². The maximum atomic E-state index is 12.6. The number of nitrogens with zero attached hydrogens (tertiary/aromatic N) is 2. The van der Waals surface area contributed by atoms with Crippen LogP contribution in [0.2, 0.25) is 0 Å². The van der Waals surface area contributed by atoms with E-state index in [0.29, 0.717) is 23.0 Å². The van der Waals surface area contributed by atoms with Crippen molar-refractivity contribution in [3.05, 3.63) is 21.4 Å². The second-order valence-corrected chi connectivity index (χ2v) is 5.35. The standard InChI is InChI=1S/C11H10F3IN2O2/c12-11(13,14)8-4-3-6(15)9(16-8)17-5-1-2-7(17)10(18)19/h3-4,7H,1-2,5H2,(H,18,19)/t7-/m1/s1. The lowest BCUT2D eigenvalue weighted by Crippen LogP contribution is -2.37. The van der Waals surface area contributed by atoms with Crippen LogP contribution in [-0.4, -0.2) is 28.6 Å². The van der Waals surface area contributed by atoms with Crippen molar-refractivity contribution in [2.45, 2.75) is 25.1 Å². The van der Waals surface area contributed by atoms with Crippen LogP contribution < -0.4 is 4.90 Å². The highest BCUT2D eigenvalue weighted by Gasteiger charge is 2.36. The Balaban J connectivity index is 2.41. The monoisotopic (exact) mass is 386 g/mol. The van der Waals surface area contributed by atoms with Gasteiger partial charge < -0.3 is 10.0 Å². The maximum absolute atomic E-state index is 12.6. The van der Waals surface area contributed by atoms with Gasteiger partial charge in [0.15, 0.2) is 0 Å². The lowest BCUT2D eigenvalue weighted by molar-refractivity contribution is -0.141. The number of alkyl halides is 3. The number of pyridine rings is 1. The third-order valence-electron chi connectivity index (χ3n) is 2.93. The largest absolute Gasteiger partial charge is 0.480 e. The zero-order valence-electron chi connectivity index (χ0n) is 9.62. The topological polar surface area (TPSA) is 53.4 Å². The molecule has 0 unspecified atom stereocenters. The Morgan fingerprint density at radius 1 is 1.47 bits per heavy atom. The number of carbonyl (C=O) groups is 1. The summed E-state index contributed by atoms with van der Waals surface area (Å²) in [6, 6.07) is 1.41. The molecular formula is C11H10F3IN2O2. The summed E-state index contributed by atoms with van der Waals surface area (Å²) >= 11 is 1.86. The van der Waals surface area contributed by atoms with Crippen LogP contribution in [0.5, 0.6) is 0 Å². The molecule has 1 aromatic heterocycles. The molecule has 2 heterocycles. The molecule has 0 saturated carbocycles. The van der Waals surface area contributed by atoms with Crippen molar-refractivity contribution in [2.75, 3.05) is 11.4 Å². The second-order valence-electron chi connectivity index (χ2n) is 4.19. The number of aromatic nitrogens is 1. The SMILES string of the molecule is O=C(O)[C@H]1CCCN1c1nc(C(F)(F)F)ccc1I. The van der Waals surface area contributed by atoms with Gasteiger partial charge in [-0.3, -0.25) is 0 Å². The molecule has 0 aliphatic carbocycles. The molecule has 1 fully saturated rings. The number of hydrogen-bond acceptors (Lipinski definition) is 3. The van der Waals surface area contributed by atoms with Gasteiger partial charge in [-0.15, -0.1) is 0 Å². The first-order valence-corrected chi connectivity index (χ1v) is 6.62. The summed E-state index contributed by atoms with van der Waals surface area (Å²) in [5.74, 6) is -0.937. The Morgan fingerprint density at radius 3 is 2.74 bits per heavy atom. The van der Waals surface area contributed by atoms with Crippen molar-refractivity contribution in [3.63, 3.8) is 0 Å². The highest BCUT2D eigenvalue weighted by Crippen LogP contribution is 2.33. The van der Waals surface area contributed by atoms with Crippen molar-refractivity contribution >= 4 is 34.4 Å². The smallest absolute Gasteiger partial charge is 0.433 e. The van der Waals surface area contributed by atoms with Crippen LogP contribution in [0.4, 0.5) is 19.0 Å². The molecule has 1 aliphatic rings. The van der Waals surface area contributed by atoms with Crippen molar-refractivity contribution < 1.29 is 23.1 Å². The number of aliphatic carboxylic acids is 1. The third kappa shape index (κ3) is 2.93. The predicted molar refractivity (Wildman–Crippen MR) is 70.0 cm³/mol. The molecule has 19 heavy (non-hydrogen) atoms. The van der Waals surface area contributed by atoms with Gasteiger partial charge in [0, 0.05) is 6.54 Å². The normalized spacial score (nSPS) is 19.8. The Hall–Kier alpha value is -1.06. The second kappa shape index (κ2) is 5.14. The molecule has 0 aromatic carbocycles. The molecule has 0 spiro atoms. The Kier molecular flexibility index (Phi) is 3.88. The zero-order valence-corrected chi connectivity index (χ0v) is 11.8. The summed E-state index contributed by atoms with van der Waals surface area (Å²) in [5.41, 5.74) is -1.00. The van der Waals surface area contributed by atoms with Gasteiger partial charge in [-0.1, -0.05) is 0 Å². The average molecular weight is 386 g/mol. The quantitative estimate of drug-likeness (QED) is 0.795. The van der Waals surface area contributed by atoms with Crippen molar-refractivity contribution in [3.8, 4) is 0 Å². The van der Waals surface area contributed by atoms with Gasteiger partial charge in [0.2, 0.25) is 0 Å². The minimum atomic E-state index is -4.53. The molecule has 2 rings (SSSR count). The summed E-state index contributed by atoms with van der Waals surface area (Å²) in [5, 5.41) is 9.07. The van der Waals surface area contributed by atoms with Gasteiger partial charge in [0.1, 0.15) is 17.6 Å².